The van der Waals surface area contributed by atoms with Crippen molar-refractivity contribution in [2.24, 2.45) is 80.8 Å². The number of rotatable bonds is 32. The smallest absolute Gasteiger partial charge is 0.339 e. The van der Waals surface area contributed by atoms with E-state index < -0.39 is 142 Å². The third kappa shape index (κ3) is 26.9. The molecule has 6 N–H and O–H groups in total. The summed E-state index contributed by atoms with van der Waals surface area (Å²) in [7, 11) is 0. The molecule has 30 nitrogen and oxygen atoms in total. The summed E-state index contributed by atoms with van der Waals surface area (Å²) in [5.41, 5.74) is -3.56. The van der Waals surface area contributed by atoms with E-state index in [0.717, 1.165) is 18.2 Å². The predicted molar refractivity (Wildman–Crippen MR) is 363 cm³/mol. The number of carbonyl (C=O) groups excluding carboxylic acids is 9. The molecular formula is C74H106O30. The second-order valence-corrected chi connectivity index (χ2v) is 29.0. The van der Waals surface area contributed by atoms with Crippen LogP contribution < -0.4 is 0 Å². The van der Waals surface area contributed by atoms with Crippen LogP contribution in [0.3, 0.4) is 0 Å². The van der Waals surface area contributed by atoms with E-state index in [1.54, 1.807) is 41.5 Å². The largest absolute Gasteiger partial charge is 0.481 e. The van der Waals surface area contributed by atoms with Gasteiger partial charge in [-0.25, -0.2) is 14.4 Å². The molecule has 1 aromatic rings. The van der Waals surface area contributed by atoms with Crippen molar-refractivity contribution in [2.75, 3.05) is 46.2 Å². The molecule has 4 fully saturated rings. The molecule has 30 heteroatoms. The van der Waals surface area contributed by atoms with Gasteiger partial charge in [-0.15, -0.1) is 0 Å². The van der Waals surface area contributed by atoms with E-state index in [2.05, 4.69) is 0 Å². The molecule has 1 aromatic carbocycles. The fourth-order valence-electron chi connectivity index (χ4n) is 11.6. The van der Waals surface area contributed by atoms with Gasteiger partial charge in [0.15, 0.2) is 6.61 Å². The molecule has 0 aliphatic heterocycles. The van der Waals surface area contributed by atoms with Crippen LogP contribution in [0, 0.1) is 80.8 Å². The first-order valence-electron chi connectivity index (χ1n) is 35.4. The lowest BCUT2D eigenvalue weighted by atomic mass is 9.79. The van der Waals surface area contributed by atoms with E-state index in [9.17, 15) is 87.2 Å². The maximum absolute atomic E-state index is 12.8. The van der Waals surface area contributed by atoms with E-state index in [1.165, 1.54) is 0 Å². The molecule has 0 radical (unpaired) electrons. The van der Waals surface area contributed by atoms with E-state index in [0.29, 0.717) is 109 Å². The second-order valence-electron chi connectivity index (χ2n) is 29.0. The van der Waals surface area contributed by atoms with Crippen LogP contribution in [0.4, 0.5) is 0 Å². The Morgan fingerprint density at radius 1 is 0.385 bits per heavy atom. The number of hydrogen-bond donors (Lipinski definition) is 6. The molecule has 104 heavy (non-hydrogen) atoms. The summed E-state index contributed by atoms with van der Waals surface area (Å²) < 4.78 is 46.3. The summed E-state index contributed by atoms with van der Waals surface area (Å²) >= 11 is 0. The van der Waals surface area contributed by atoms with Crippen LogP contribution in [-0.4, -0.2) is 173 Å². The monoisotopic (exact) mass is 1470 g/mol. The standard InChI is InChI=1S/C24H36O10.C17H20O8.C17H24O6.C16H26O6/c1-4-24(2,3)23(31)32-13-18(33-21(29)16-11-7-5-9-14(16)19(25)26)34-22(30)17-12-8-6-10-15(17)20(27)28;1-4-17(2,3)16(23)25-8-7-24-15(22)12-9-10(13(18)19)5-6-11(12)14(20)21;1-4-17(2,3)16(21)23-8-7-22-15(20)13-11-6-5-10(9-11)12(13)14(18)19;1-4-16(2,3)15(20)22-10-9-21-14(19)12-7-5-11(6-8-12)13(17)18/h14-18H,4-13H2,1-3H3,(H,25,26)(H,27,28);5-6,9H,4,7-8H2,1-3H3,(H,18,19)(H,20,21);5-6,10-13H,4,7-9H2,1-3H3,(H,18,19);11-12H,4-10H2,1-3H3,(H,17,18). The van der Waals surface area contributed by atoms with Crippen molar-refractivity contribution in [2.45, 2.75) is 199 Å². The van der Waals surface area contributed by atoms with Gasteiger partial charge in [0.25, 0.3) is 6.29 Å². The van der Waals surface area contributed by atoms with Crippen molar-refractivity contribution in [3.05, 3.63) is 47.0 Å². The van der Waals surface area contributed by atoms with Gasteiger partial charge in [0, 0.05) is 0 Å². The molecule has 8 unspecified atom stereocenters. The average molecular weight is 1480 g/mol. The van der Waals surface area contributed by atoms with Gasteiger partial charge in [-0.1, -0.05) is 65.5 Å². The topological polar surface area (TPSA) is 461 Å². The molecule has 0 heterocycles. The van der Waals surface area contributed by atoms with Gasteiger partial charge in [-0.05, 0) is 169 Å². The summed E-state index contributed by atoms with van der Waals surface area (Å²) in [6, 6.07) is 3.03. The first-order valence-corrected chi connectivity index (χ1v) is 35.4. The van der Waals surface area contributed by atoms with Crippen molar-refractivity contribution in [1.82, 2.24) is 0 Å². The molecular weight excluding hydrogens is 1370 g/mol. The number of fused-ring (bicyclic) bond motifs is 2. The van der Waals surface area contributed by atoms with E-state index >= 15 is 0 Å². The Labute approximate surface area is 605 Å². The average Bonchev–Trinajstić information content (AvgIpc) is 1.61. The first-order chi connectivity index (χ1) is 48.6. The SMILES string of the molecule is CCC(C)(C)C(=O)OCC(OC(=O)C1CCCCC1C(=O)O)OC(=O)C1CCCCC1C(=O)O.CCC(C)(C)C(=O)OCCOC(=O)C1C2C=CC(C2)C1C(=O)O.CCC(C)(C)C(=O)OCCOC(=O)C1CCC(C(=O)O)CC1.CCC(C)(C)C(=O)OCCOC(=O)c1cc(C(=O)O)ccc1C(=O)O. The quantitative estimate of drug-likeness (QED) is 0.0128. The Bertz CT molecular complexity index is 3170. The normalized spacial score (nSPS) is 22.1. The summed E-state index contributed by atoms with van der Waals surface area (Å²) in [5.74, 6) is -17.5. The predicted octanol–water partition coefficient (Wildman–Crippen LogP) is 9.81. The summed E-state index contributed by atoms with van der Waals surface area (Å²) in [5, 5.41) is 55.2. The van der Waals surface area contributed by atoms with Crippen molar-refractivity contribution >= 4 is 89.5 Å². The van der Waals surface area contributed by atoms with Gasteiger partial charge >= 0.3 is 89.5 Å². The highest BCUT2D eigenvalue weighted by atomic mass is 16.7. The van der Waals surface area contributed by atoms with Crippen molar-refractivity contribution in [3.8, 4) is 0 Å². The number of benzene rings is 1. The van der Waals surface area contributed by atoms with Crippen LogP contribution in [0.25, 0.3) is 0 Å². The molecule has 5 aliphatic rings. The lowest BCUT2D eigenvalue weighted by molar-refractivity contribution is -0.210. The zero-order chi connectivity index (χ0) is 78.6. The second kappa shape index (κ2) is 41.5. The number of aromatic carboxylic acids is 2. The van der Waals surface area contributed by atoms with Crippen LogP contribution in [-0.2, 0) is 100 Å². The molecule has 582 valence electrons. The van der Waals surface area contributed by atoms with E-state index in [4.69, 9.17) is 58.0 Å². The molecule has 0 amide bonds. The number of allylic oxidation sites excluding steroid dienone is 2. The molecule has 5 aliphatic carbocycles. The fraction of sp³-hybridized carbons (Fsp3) is 0.689. The summed E-state index contributed by atoms with van der Waals surface area (Å²) in [6.45, 7) is 20.5. The van der Waals surface area contributed by atoms with Gasteiger partial charge in [-0.3, -0.25) is 57.5 Å². The Hall–Kier alpha value is -8.99. The summed E-state index contributed by atoms with van der Waals surface area (Å²) in [4.78, 5) is 177. The summed E-state index contributed by atoms with van der Waals surface area (Å²) in [6.07, 6.45) is 11.4. The Balaban J connectivity index is 0.000000366. The fourth-order valence-corrected chi connectivity index (χ4v) is 11.6. The van der Waals surface area contributed by atoms with Crippen LogP contribution in [0.15, 0.2) is 30.4 Å². The highest BCUT2D eigenvalue weighted by Crippen LogP contribution is 2.49. The van der Waals surface area contributed by atoms with Gasteiger partial charge in [0.1, 0.15) is 39.6 Å². The lowest BCUT2D eigenvalue weighted by Crippen LogP contribution is -2.41. The highest BCUT2D eigenvalue weighted by Gasteiger charge is 2.53. The molecule has 0 aromatic heterocycles. The lowest BCUT2D eigenvalue weighted by Gasteiger charge is -2.31. The molecule has 8 atom stereocenters. The van der Waals surface area contributed by atoms with E-state index in [1.807, 2.05) is 53.7 Å². The Kier molecular flexibility index (Phi) is 35.6. The first kappa shape index (κ1) is 89.2. The molecule has 0 saturated heterocycles. The van der Waals surface area contributed by atoms with Crippen molar-refractivity contribution in [1.29, 1.82) is 0 Å². The Morgan fingerprint density at radius 3 is 1.12 bits per heavy atom. The minimum Gasteiger partial charge on any atom is -0.481 e. The number of carboxylic acid groups (broad SMARTS) is 6. The minimum atomic E-state index is -1.59. The van der Waals surface area contributed by atoms with Gasteiger partial charge in [0.2, 0.25) is 0 Å². The third-order valence-corrected chi connectivity index (χ3v) is 20.2. The maximum atomic E-state index is 12.8. The van der Waals surface area contributed by atoms with E-state index in [-0.39, 0.29) is 97.9 Å². The van der Waals surface area contributed by atoms with Crippen LogP contribution >= 0.6 is 0 Å². The zero-order valence-electron chi connectivity index (χ0n) is 61.7. The number of aliphatic carboxylic acids is 4. The van der Waals surface area contributed by atoms with Gasteiger partial charge in [0.05, 0.1) is 85.7 Å². The number of esters is 9. The highest BCUT2D eigenvalue weighted by molar-refractivity contribution is 6.04. The minimum absolute atomic E-state index is 0.0115. The number of ether oxygens (including phenoxy) is 9. The molecule has 0 spiro atoms. The van der Waals surface area contributed by atoms with Crippen molar-refractivity contribution < 1.29 is 145 Å². The number of carboxylic acids is 6. The molecule has 6 rings (SSSR count). The van der Waals surface area contributed by atoms with Gasteiger partial charge in [-0.2, -0.15) is 0 Å². The Morgan fingerprint density at radius 2 is 0.750 bits per heavy atom. The van der Waals surface area contributed by atoms with Crippen molar-refractivity contribution in [3.63, 3.8) is 0 Å². The number of hydrogen-bond acceptors (Lipinski definition) is 24. The van der Waals surface area contributed by atoms with Gasteiger partial charge < -0.3 is 73.3 Å². The number of carbonyl (C=O) groups is 15. The maximum Gasteiger partial charge on any atom is 0.339 e. The van der Waals surface area contributed by atoms with Crippen LogP contribution in [0.2, 0.25) is 0 Å². The molecule has 4 saturated carbocycles. The van der Waals surface area contributed by atoms with Crippen LogP contribution in [0.1, 0.15) is 223 Å². The molecule has 2 bridgehead atoms. The van der Waals surface area contributed by atoms with Crippen LogP contribution in [0.5, 0.6) is 0 Å². The zero-order valence-corrected chi connectivity index (χ0v) is 61.7. The third-order valence-electron chi connectivity index (χ3n) is 20.2.